The summed E-state index contributed by atoms with van der Waals surface area (Å²) in [5.41, 5.74) is 1.86. The number of benzene rings is 1. The van der Waals surface area contributed by atoms with E-state index in [1.165, 1.54) is 19.3 Å². The molecule has 0 aliphatic heterocycles. The summed E-state index contributed by atoms with van der Waals surface area (Å²) in [6, 6.07) is 7.43. The lowest BCUT2D eigenvalue weighted by Crippen LogP contribution is -2.24. The Balaban J connectivity index is 1.70. The first-order valence-electron chi connectivity index (χ1n) is 8.29. The van der Waals surface area contributed by atoms with Crippen molar-refractivity contribution in [2.24, 2.45) is 0 Å². The molecular formula is C18H21ClN4O. The number of carbonyl (C=O) groups is 1. The SMILES string of the molecule is Cc1c(Cl)cccc1NC(=O)c1ccnc(NC2CCCCC2)n1. The molecule has 2 aromatic rings. The fourth-order valence-electron chi connectivity index (χ4n) is 2.91. The van der Waals surface area contributed by atoms with Gasteiger partial charge < -0.3 is 10.6 Å². The van der Waals surface area contributed by atoms with E-state index in [1.54, 1.807) is 24.4 Å². The van der Waals surface area contributed by atoms with Crippen molar-refractivity contribution in [2.45, 2.75) is 45.1 Å². The van der Waals surface area contributed by atoms with Gasteiger partial charge in [0.15, 0.2) is 0 Å². The Hall–Kier alpha value is -2.14. The predicted octanol–water partition coefficient (Wildman–Crippen LogP) is 4.44. The Morgan fingerprint density at radius 2 is 2.00 bits per heavy atom. The fraction of sp³-hybridized carbons (Fsp3) is 0.389. The maximum absolute atomic E-state index is 12.4. The van der Waals surface area contributed by atoms with Gasteiger partial charge in [0.2, 0.25) is 5.95 Å². The number of anilines is 2. The third-order valence-electron chi connectivity index (χ3n) is 4.34. The van der Waals surface area contributed by atoms with Crippen LogP contribution in [0.25, 0.3) is 0 Å². The summed E-state index contributed by atoms with van der Waals surface area (Å²) >= 11 is 6.09. The number of nitrogens with zero attached hydrogens (tertiary/aromatic N) is 2. The molecule has 1 aliphatic rings. The van der Waals surface area contributed by atoms with E-state index < -0.39 is 0 Å². The first kappa shape index (κ1) is 16.7. The lowest BCUT2D eigenvalue weighted by molar-refractivity contribution is 0.102. The van der Waals surface area contributed by atoms with Crippen LogP contribution in [-0.4, -0.2) is 21.9 Å². The topological polar surface area (TPSA) is 66.9 Å². The smallest absolute Gasteiger partial charge is 0.274 e. The molecule has 2 N–H and O–H groups in total. The van der Waals surface area contributed by atoms with Crippen LogP contribution < -0.4 is 10.6 Å². The lowest BCUT2D eigenvalue weighted by Gasteiger charge is -2.22. The van der Waals surface area contributed by atoms with Gasteiger partial charge in [-0.3, -0.25) is 4.79 Å². The van der Waals surface area contributed by atoms with Gasteiger partial charge in [0.25, 0.3) is 5.91 Å². The Morgan fingerprint density at radius 3 is 2.79 bits per heavy atom. The Morgan fingerprint density at radius 1 is 1.21 bits per heavy atom. The molecule has 0 bridgehead atoms. The molecule has 0 saturated heterocycles. The summed E-state index contributed by atoms with van der Waals surface area (Å²) in [6.07, 6.45) is 7.61. The van der Waals surface area contributed by atoms with E-state index in [0.29, 0.717) is 28.4 Å². The average molecular weight is 345 g/mol. The van der Waals surface area contributed by atoms with Crippen LogP contribution in [0, 0.1) is 6.92 Å². The fourth-order valence-corrected chi connectivity index (χ4v) is 3.09. The van der Waals surface area contributed by atoms with Crippen LogP contribution in [0.4, 0.5) is 11.6 Å². The van der Waals surface area contributed by atoms with Gasteiger partial charge in [0, 0.05) is 22.9 Å². The zero-order valence-corrected chi connectivity index (χ0v) is 14.4. The number of hydrogen-bond donors (Lipinski definition) is 2. The van der Waals surface area contributed by atoms with Gasteiger partial charge in [0.1, 0.15) is 5.69 Å². The zero-order chi connectivity index (χ0) is 16.9. The number of aromatic nitrogens is 2. The molecule has 1 aliphatic carbocycles. The molecule has 1 fully saturated rings. The lowest BCUT2D eigenvalue weighted by atomic mass is 9.96. The number of nitrogens with one attached hydrogen (secondary N) is 2. The molecule has 1 saturated carbocycles. The highest BCUT2D eigenvalue weighted by Gasteiger charge is 2.16. The maximum Gasteiger partial charge on any atom is 0.274 e. The van der Waals surface area contributed by atoms with Crippen molar-refractivity contribution >= 4 is 29.1 Å². The Bertz CT molecular complexity index is 729. The van der Waals surface area contributed by atoms with E-state index in [4.69, 9.17) is 11.6 Å². The first-order valence-corrected chi connectivity index (χ1v) is 8.67. The van der Waals surface area contributed by atoms with Gasteiger partial charge in [-0.15, -0.1) is 0 Å². The second-order valence-electron chi connectivity index (χ2n) is 6.11. The molecule has 0 atom stereocenters. The molecule has 0 spiro atoms. The standard InChI is InChI=1S/C18H21ClN4O/c1-12-14(19)8-5-9-15(12)22-17(24)16-10-11-20-18(23-16)21-13-6-3-2-4-7-13/h5,8-11,13H,2-4,6-7H2,1H3,(H,22,24)(H,20,21,23). The van der Waals surface area contributed by atoms with Crippen molar-refractivity contribution in [2.75, 3.05) is 10.6 Å². The van der Waals surface area contributed by atoms with Gasteiger partial charge in [-0.1, -0.05) is 36.9 Å². The van der Waals surface area contributed by atoms with Gasteiger partial charge >= 0.3 is 0 Å². The third kappa shape index (κ3) is 4.03. The summed E-state index contributed by atoms with van der Waals surface area (Å²) in [5.74, 6) is 0.242. The molecule has 5 nitrogen and oxygen atoms in total. The minimum Gasteiger partial charge on any atom is -0.351 e. The normalized spacial score (nSPS) is 15.1. The van der Waals surface area contributed by atoms with Gasteiger partial charge in [-0.2, -0.15) is 0 Å². The van der Waals surface area contributed by atoms with Crippen LogP contribution in [0.3, 0.4) is 0 Å². The molecule has 1 amide bonds. The second-order valence-corrected chi connectivity index (χ2v) is 6.52. The zero-order valence-electron chi connectivity index (χ0n) is 13.7. The van der Waals surface area contributed by atoms with Crippen molar-refractivity contribution in [3.05, 3.63) is 46.7 Å². The van der Waals surface area contributed by atoms with Crippen molar-refractivity contribution < 1.29 is 4.79 Å². The minimum atomic E-state index is -0.269. The predicted molar refractivity (Wildman–Crippen MR) is 96.7 cm³/mol. The molecular weight excluding hydrogens is 324 g/mol. The summed E-state index contributed by atoms with van der Waals surface area (Å²) in [6.45, 7) is 1.87. The van der Waals surface area contributed by atoms with E-state index in [9.17, 15) is 4.79 Å². The molecule has 126 valence electrons. The van der Waals surface area contributed by atoms with Crippen LogP contribution >= 0.6 is 11.6 Å². The molecule has 1 aromatic carbocycles. The van der Waals surface area contributed by atoms with E-state index in [1.807, 2.05) is 13.0 Å². The molecule has 0 radical (unpaired) electrons. The van der Waals surface area contributed by atoms with Crippen molar-refractivity contribution in [1.29, 1.82) is 0 Å². The number of amides is 1. The largest absolute Gasteiger partial charge is 0.351 e. The number of carbonyl (C=O) groups excluding carboxylic acids is 1. The number of hydrogen-bond acceptors (Lipinski definition) is 4. The van der Waals surface area contributed by atoms with Gasteiger partial charge in [-0.25, -0.2) is 9.97 Å². The van der Waals surface area contributed by atoms with Crippen LogP contribution in [-0.2, 0) is 0 Å². The molecule has 1 aromatic heterocycles. The van der Waals surface area contributed by atoms with E-state index >= 15 is 0 Å². The van der Waals surface area contributed by atoms with E-state index in [-0.39, 0.29) is 5.91 Å². The molecule has 0 unspecified atom stereocenters. The molecule has 1 heterocycles. The number of halogens is 1. The average Bonchev–Trinajstić information content (AvgIpc) is 2.60. The van der Waals surface area contributed by atoms with Crippen LogP contribution in [0.5, 0.6) is 0 Å². The quantitative estimate of drug-likeness (QED) is 0.860. The monoisotopic (exact) mass is 344 g/mol. The summed E-state index contributed by atoms with van der Waals surface area (Å²) in [5, 5.41) is 6.81. The number of rotatable bonds is 4. The van der Waals surface area contributed by atoms with Crippen molar-refractivity contribution in [1.82, 2.24) is 9.97 Å². The van der Waals surface area contributed by atoms with Crippen molar-refractivity contribution in [3.63, 3.8) is 0 Å². The van der Waals surface area contributed by atoms with Crippen LogP contribution in [0.1, 0.15) is 48.2 Å². The van der Waals surface area contributed by atoms with Gasteiger partial charge in [-0.05, 0) is 43.5 Å². The Labute approximate surface area is 146 Å². The van der Waals surface area contributed by atoms with E-state index in [2.05, 4.69) is 20.6 Å². The molecule has 24 heavy (non-hydrogen) atoms. The molecule has 3 rings (SSSR count). The third-order valence-corrected chi connectivity index (χ3v) is 4.75. The van der Waals surface area contributed by atoms with E-state index in [0.717, 1.165) is 18.4 Å². The molecule has 6 heteroatoms. The first-order chi connectivity index (χ1) is 11.6. The summed E-state index contributed by atoms with van der Waals surface area (Å²) in [7, 11) is 0. The second kappa shape index (κ2) is 7.62. The highest BCUT2D eigenvalue weighted by atomic mass is 35.5. The van der Waals surface area contributed by atoms with Crippen LogP contribution in [0.15, 0.2) is 30.5 Å². The highest BCUT2D eigenvalue weighted by Crippen LogP contribution is 2.23. The highest BCUT2D eigenvalue weighted by molar-refractivity contribution is 6.31. The summed E-state index contributed by atoms with van der Waals surface area (Å²) in [4.78, 5) is 21.0. The van der Waals surface area contributed by atoms with Crippen molar-refractivity contribution in [3.8, 4) is 0 Å². The van der Waals surface area contributed by atoms with Crippen LogP contribution in [0.2, 0.25) is 5.02 Å². The maximum atomic E-state index is 12.4. The summed E-state index contributed by atoms with van der Waals surface area (Å²) < 4.78 is 0. The van der Waals surface area contributed by atoms with Gasteiger partial charge in [0.05, 0.1) is 0 Å². The Kier molecular flexibility index (Phi) is 5.30. The minimum absolute atomic E-state index is 0.269.